The van der Waals surface area contributed by atoms with Gasteiger partial charge in [-0.1, -0.05) is 0 Å². The molecule has 3 rings (SSSR count). The van der Waals surface area contributed by atoms with Crippen LogP contribution in [0.15, 0.2) is 35.0 Å². The highest BCUT2D eigenvalue weighted by Gasteiger charge is 2.09. The van der Waals surface area contributed by atoms with E-state index >= 15 is 0 Å². The molecule has 3 heterocycles. The van der Waals surface area contributed by atoms with Gasteiger partial charge < -0.3 is 0 Å². The minimum atomic E-state index is 0.788. The molecule has 0 atom stereocenters. The summed E-state index contributed by atoms with van der Waals surface area (Å²) < 4.78 is 0. The second kappa shape index (κ2) is 6.47. The summed E-state index contributed by atoms with van der Waals surface area (Å²) in [5, 5.41) is 3.91. The number of aldehydes is 2. The lowest BCUT2D eigenvalue weighted by Gasteiger charge is -1.97. The third-order valence-corrected chi connectivity index (χ3v) is 6.16. The molecule has 0 aliphatic carbocycles. The number of hydrogen-bond acceptors (Lipinski definition) is 5. The van der Waals surface area contributed by atoms with Crippen molar-refractivity contribution in [3.63, 3.8) is 0 Å². The zero-order valence-corrected chi connectivity index (χ0v) is 13.5. The monoisotopic (exact) mass is 332 g/mol. The van der Waals surface area contributed by atoms with Crippen LogP contribution < -0.4 is 0 Å². The average Bonchev–Trinajstić information content (AvgIpc) is 3.21. The molecule has 3 aromatic rings. The molecule has 21 heavy (non-hydrogen) atoms. The number of rotatable bonds is 6. The minimum absolute atomic E-state index is 0.788. The maximum absolute atomic E-state index is 10.9. The normalized spacial score (nSPS) is 10.7. The van der Waals surface area contributed by atoms with E-state index in [2.05, 4.69) is 12.1 Å². The zero-order chi connectivity index (χ0) is 14.7. The fraction of sp³-hybridized carbons (Fsp3) is 0.125. The first-order valence-corrected chi connectivity index (χ1v) is 8.98. The molecule has 2 nitrogen and oxygen atoms in total. The summed E-state index contributed by atoms with van der Waals surface area (Å²) in [6.07, 6.45) is 3.45. The number of thiophene rings is 3. The molecular formula is C16H12O2S3. The molecule has 0 aromatic carbocycles. The summed E-state index contributed by atoms with van der Waals surface area (Å²) in [7, 11) is 0. The highest BCUT2D eigenvalue weighted by atomic mass is 32.1. The van der Waals surface area contributed by atoms with Crippen molar-refractivity contribution in [2.75, 3.05) is 0 Å². The second-order valence-corrected chi connectivity index (χ2v) is 7.81. The van der Waals surface area contributed by atoms with Gasteiger partial charge in [0.2, 0.25) is 0 Å². The lowest BCUT2D eigenvalue weighted by molar-refractivity contribution is 0.111. The van der Waals surface area contributed by atoms with Crippen LogP contribution in [0.3, 0.4) is 0 Å². The van der Waals surface area contributed by atoms with Gasteiger partial charge in [0.15, 0.2) is 12.6 Å². The van der Waals surface area contributed by atoms with Gasteiger partial charge in [0.05, 0.1) is 0 Å². The fourth-order valence-corrected chi connectivity index (χ4v) is 5.09. The van der Waals surface area contributed by atoms with Crippen molar-refractivity contribution in [3.8, 4) is 0 Å². The minimum Gasteiger partial charge on any atom is -0.298 e. The molecule has 106 valence electrons. The Hall–Kier alpha value is -1.56. The van der Waals surface area contributed by atoms with Gasteiger partial charge in [0.1, 0.15) is 0 Å². The molecule has 0 unspecified atom stereocenters. The van der Waals surface area contributed by atoms with E-state index in [0.29, 0.717) is 0 Å². The number of carbonyl (C=O) groups excluding carboxylic acids is 2. The molecule has 0 bridgehead atoms. The van der Waals surface area contributed by atoms with Crippen molar-refractivity contribution in [3.05, 3.63) is 65.7 Å². The van der Waals surface area contributed by atoms with Gasteiger partial charge in [-0.15, -0.1) is 34.0 Å². The number of hydrogen-bond donors (Lipinski definition) is 0. The van der Waals surface area contributed by atoms with Crippen LogP contribution in [-0.4, -0.2) is 12.6 Å². The van der Waals surface area contributed by atoms with E-state index in [-0.39, 0.29) is 0 Å². The van der Waals surface area contributed by atoms with E-state index in [1.54, 1.807) is 34.0 Å². The predicted octanol–water partition coefficient (Wildman–Crippen LogP) is 4.68. The zero-order valence-electron chi connectivity index (χ0n) is 11.1. The van der Waals surface area contributed by atoms with E-state index in [1.165, 1.54) is 9.75 Å². The highest BCUT2D eigenvalue weighted by Crippen LogP contribution is 2.27. The smallest absolute Gasteiger partial charge is 0.151 e. The maximum Gasteiger partial charge on any atom is 0.151 e. The Bertz CT molecular complexity index is 701. The van der Waals surface area contributed by atoms with Crippen molar-refractivity contribution in [2.24, 2.45) is 0 Å². The van der Waals surface area contributed by atoms with Crippen LogP contribution in [-0.2, 0) is 12.8 Å². The van der Waals surface area contributed by atoms with Gasteiger partial charge in [-0.2, -0.15) is 0 Å². The molecule has 0 aliphatic heterocycles. The van der Waals surface area contributed by atoms with Crippen LogP contribution in [0.25, 0.3) is 0 Å². The van der Waals surface area contributed by atoms with Crippen molar-refractivity contribution >= 4 is 46.6 Å². The molecule has 0 aliphatic rings. The van der Waals surface area contributed by atoms with Crippen LogP contribution in [0.4, 0.5) is 0 Å². The summed E-state index contributed by atoms with van der Waals surface area (Å²) in [4.78, 5) is 26.6. The van der Waals surface area contributed by atoms with Crippen LogP contribution >= 0.6 is 34.0 Å². The molecular weight excluding hydrogens is 320 g/mol. The van der Waals surface area contributed by atoms with Gasteiger partial charge in [0, 0.05) is 43.5 Å². The fourth-order valence-electron chi connectivity index (χ4n) is 2.13. The third kappa shape index (κ3) is 3.20. The average molecular weight is 332 g/mol. The van der Waals surface area contributed by atoms with Crippen LogP contribution in [0.5, 0.6) is 0 Å². The Morgan fingerprint density at radius 3 is 1.67 bits per heavy atom. The van der Waals surface area contributed by atoms with E-state index < -0.39 is 0 Å². The molecule has 0 spiro atoms. The standard InChI is InChI=1S/C16H12O2S3/c17-9-11-3-5-19-15(11)7-13-1-2-14(21-13)8-16-12(10-18)4-6-20-16/h1-6,9-10H,7-8H2. The summed E-state index contributed by atoms with van der Waals surface area (Å²) in [6.45, 7) is 0. The first-order valence-electron chi connectivity index (χ1n) is 6.41. The SMILES string of the molecule is O=Cc1ccsc1Cc1ccc(Cc2sccc2C=O)s1. The van der Waals surface area contributed by atoms with Gasteiger partial charge in [-0.05, 0) is 35.0 Å². The van der Waals surface area contributed by atoms with Crippen LogP contribution in [0.2, 0.25) is 0 Å². The van der Waals surface area contributed by atoms with Crippen molar-refractivity contribution < 1.29 is 9.59 Å². The van der Waals surface area contributed by atoms with Gasteiger partial charge in [-0.3, -0.25) is 9.59 Å². The predicted molar refractivity (Wildman–Crippen MR) is 89.3 cm³/mol. The first-order chi connectivity index (χ1) is 10.3. The van der Waals surface area contributed by atoms with Crippen LogP contribution in [0.1, 0.15) is 40.2 Å². The van der Waals surface area contributed by atoms with Crippen molar-refractivity contribution in [1.29, 1.82) is 0 Å². The Balaban J connectivity index is 1.74. The number of carbonyl (C=O) groups is 2. The Labute approximate surface area is 134 Å². The molecule has 5 heteroatoms. The van der Waals surface area contributed by atoms with E-state index in [0.717, 1.165) is 46.3 Å². The van der Waals surface area contributed by atoms with E-state index in [9.17, 15) is 9.59 Å². The summed E-state index contributed by atoms with van der Waals surface area (Å²) >= 11 is 4.99. The largest absolute Gasteiger partial charge is 0.298 e. The summed E-state index contributed by atoms with van der Waals surface area (Å²) in [5.41, 5.74) is 1.58. The van der Waals surface area contributed by atoms with Crippen molar-refractivity contribution in [2.45, 2.75) is 12.8 Å². The summed E-state index contributed by atoms with van der Waals surface area (Å²) in [5.74, 6) is 0. The molecule has 0 fully saturated rings. The third-order valence-electron chi connectivity index (χ3n) is 3.20. The Morgan fingerprint density at radius 2 is 1.24 bits per heavy atom. The van der Waals surface area contributed by atoms with E-state index in [4.69, 9.17) is 0 Å². The first kappa shape index (κ1) is 14.4. The Morgan fingerprint density at radius 1 is 0.762 bits per heavy atom. The molecule has 0 N–H and O–H groups in total. The van der Waals surface area contributed by atoms with Gasteiger partial charge >= 0.3 is 0 Å². The topological polar surface area (TPSA) is 34.1 Å². The molecule has 0 amide bonds. The van der Waals surface area contributed by atoms with Gasteiger partial charge in [-0.25, -0.2) is 0 Å². The van der Waals surface area contributed by atoms with Crippen molar-refractivity contribution in [1.82, 2.24) is 0 Å². The molecule has 0 saturated carbocycles. The molecule has 0 saturated heterocycles. The summed E-state index contributed by atoms with van der Waals surface area (Å²) in [6, 6.07) is 7.96. The highest BCUT2D eigenvalue weighted by molar-refractivity contribution is 7.13. The Kier molecular flexibility index (Phi) is 4.43. The second-order valence-electron chi connectivity index (χ2n) is 4.56. The quantitative estimate of drug-likeness (QED) is 0.614. The van der Waals surface area contributed by atoms with E-state index in [1.807, 2.05) is 22.9 Å². The lowest BCUT2D eigenvalue weighted by Crippen LogP contribution is -1.86. The molecule has 0 radical (unpaired) electrons. The molecule has 3 aromatic heterocycles. The lowest BCUT2D eigenvalue weighted by atomic mass is 10.2. The maximum atomic E-state index is 10.9. The van der Waals surface area contributed by atoms with Crippen LogP contribution in [0, 0.1) is 0 Å². The van der Waals surface area contributed by atoms with Gasteiger partial charge in [0.25, 0.3) is 0 Å².